The Morgan fingerprint density at radius 1 is 1.78 bits per heavy atom. The van der Waals surface area contributed by atoms with Gasteiger partial charge >= 0.3 is 0 Å². The molecule has 9 heavy (non-hydrogen) atoms. The smallest absolute Gasteiger partial charge is 0.0479 e. The molecule has 48 valence electrons. The second-order valence-corrected chi connectivity index (χ2v) is 3.95. The van der Waals surface area contributed by atoms with Crippen LogP contribution >= 0.6 is 24.0 Å². The SMILES string of the molecule is C#CC1CCC(=S)SC1. The maximum absolute atomic E-state index is 5.24. The molecule has 1 aliphatic rings. The first-order valence-corrected chi connectivity index (χ1v) is 4.34. The summed E-state index contributed by atoms with van der Waals surface area (Å²) in [5, 5.41) is 0. The molecule has 0 nitrogen and oxygen atoms in total. The van der Waals surface area contributed by atoms with Crippen LogP contribution in [0.5, 0.6) is 0 Å². The number of hydrogen-bond acceptors (Lipinski definition) is 2. The lowest BCUT2D eigenvalue weighted by Crippen LogP contribution is -2.10. The van der Waals surface area contributed by atoms with E-state index < -0.39 is 0 Å². The molecular weight excluding hydrogens is 148 g/mol. The summed E-state index contributed by atoms with van der Waals surface area (Å²) >= 11 is 6.74. The molecule has 0 aliphatic carbocycles. The second-order valence-electron chi connectivity index (χ2n) is 2.09. The predicted molar refractivity (Wildman–Crippen MR) is 46.6 cm³/mol. The van der Waals surface area contributed by atoms with Gasteiger partial charge in [-0.1, -0.05) is 12.2 Å². The van der Waals surface area contributed by atoms with Crippen molar-refractivity contribution >= 4 is 28.2 Å². The van der Waals surface area contributed by atoms with Crippen LogP contribution < -0.4 is 0 Å². The van der Waals surface area contributed by atoms with Gasteiger partial charge in [0.1, 0.15) is 0 Å². The Hall–Kier alpha value is -0.000000000000000111. The van der Waals surface area contributed by atoms with Gasteiger partial charge in [0.15, 0.2) is 0 Å². The van der Waals surface area contributed by atoms with E-state index >= 15 is 0 Å². The van der Waals surface area contributed by atoms with Gasteiger partial charge in [-0.2, -0.15) is 0 Å². The molecule has 0 saturated carbocycles. The van der Waals surface area contributed by atoms with E-state index in [4.69, 9.17) is 18.6 Å². The number of hydrogen-bond donors (Lipinski definition) is 0. The molecule has 0 radical (unpaired) electrons. The molecule has 1 heterocycles. The normalized spacial score (nSPS) is 27.4. The topological polar surface area (TPSA) is 0 Å². The fourth-order valence-corrected chi connectivity index (χ4v) is 2.01. The molecule has 0 N–H and O–H groups in total. The number of thioether (sulfide) groups is 1. The van der Waals surface area contributed by atoms with Crippen molar-refractivity contribution in [2.24, 2.45) is 5.92 Å². The molecule has 1 atom stereocenters. The Bertz CT molecular complexity index is 145. The first kappa shape index (κ1) is 7.11. The van der Waals surface area contributed by atoms with Crippen molar-refractivity contribution in [2.45, 2.75) is 12.8 Å². The fourth-order valence-electron chi connectivity index (χ4n) is 0.773. The van der Waals surface area contributed by atoms with E-state index in [9.17, 15) is 0 Å². The molecule has 0 amide bonds. The van der Waals surface area contributed by atoms with E-state index in [0.29, 0.717) is 5.92 Å². The van der Waals surface area contributed by atoms with E-state index in [-0.39, 0.29) is 0 Å². The van der Waals surface area contributed by atoms with Crippen LogP contribution in [0.1, 0.15) is 12.8 Å². The van der Waals surface area contributed by atoms with E-state index in [1.807, 2.05) is 0 Å². The van der Waals surface area contributed by atoms with Crippen LogP contribution in [-0.4, -0.2) is 9.95 Å². The van der Waals surface area contributed by atoms with E-state index in [2.05, 4.69) is 5.92 Å². The van der Waals surface area contributed by atoms with Crippen LogP contribution in [-0.2, 0) is 0 Å². The van der Waals surface area contributed by atoms with Crippen LogP contribution in [0.3, 0.4) is 0 Å². The second kappa shape index (κ2) is 3.24. The van der Waals surface area contributed by atoms with E-state index in [0.717, 1.165) is 22.8 Å². The highest BCUT2D eigenvalue weighted by atomic mass is 32.2. The fraction of sp³-hybridized carbons (Fsp3) is 0.571. The summed E-state index contributed by atoms with van der Waals surface area (Å²) in [4.78, 5) is 0. The zero-order valence-corrected chi connectivity index (χ0v) is 6.73. The van der Waals surface area contributed by atoms with Crippen LogP contribution in [0, 0.1) is 18.3 Å². The molecule has 1 unspecified atom stereocenters. The lowest BCUT2D eigenvalue weighted by Gasteiger charge is -2.15. The minimum atomic E-state index is 0.474. The highest BCUT2D eigenvalue weighted by Crippen LogP contribution is 2.24. The first-order chi connectivity index (χ1) is 4.33. The third-order valence-electron chi connectivity index (χ3n) is 1.38. The summed E-state index contributed by atoms with van der Waals surface area (Å²) in [6.07, 6.45) is 7.38. The first-order valence-electron chi connectivity index (χ1n) is 2.94. The van der Waals surface area contributed by atoms with Gasteiger partial charge < -0.3 is 0 Å². The van der Waals surface area contributed by atoms with Crippen molar-refractivity contribution in [2.75, 3.05) is 5.75 Å². The average Bonchev–Trinajstić information content (AvgIpc) is 1.90. The maximum Gasteiger partial charge on any atom is 0.0479 e. The Balaban J connectivity index is 2.37. The Morgan fingerprint density at radius 2 is 2.56 bits per heavy atom. The van der Waals surface area contributed by atoms with Gasteiger partial charge in [-0.25, -0.2) is 0 Å². The zero-order valence-electron chi connectivity index (χ0n) is 5.09. The van der Waals surface area contributed by atoms with E-state index in [1.54, 1.807) is 11.8 Å². The van der Waals surface area contributed by atoms with E-state index in [1.165, 1.54) is 0 Å². The van der Waals surface area contributed by atoms with Gasteiger partial charge in [0.2, 0.25) is 0 Å². The Kier molecular flexibility index (Phi) is 2.56. The van der Waals surface area contributed by atoms with Gasteiger partial charge in [0, 0.05) is 15.9 Å². The van der Waals surface area contributed by atoms with Gasteiger partial charge in [0.25, 0.3) is 0 Å². The molecule has 1 saturated heterocycles. The van der Waals surface area contributed by atoms with Crippen molar-refractivity contribution in [3.8, 4) is 12.3 Å². The number of thiocarbonyl (C=S) groups is 1. The molecule has 1 fully saturated rings. The molecule has 0 aromatic heterocycles. The van der Waals surface area contributed by atoms with Crippen molar-refractivity contribution in [1.29, 1.82) is 0 Å². The van der Waals surface area contributed by atoms with Crippen LogP contribution in [0.4, 0.5) is 0 Å². The van der Waals surface area contributed by atoms with Gasteiger partial charge in [-0.15, -0.1) is 24.1 Å². The standard InChI is InChI=1S/C7H8S2/c1-2-6-3-4-7(8)9-5-6/h1,6H,3-5H2. The Morgan fingerprint density at radius 3 is 3.00 bits per heavy atom. The van der Waals surface area contributed by atoms with Crippen molar-refractivity contribution in [3.63, 3.8) is 0 Å². The minimum absolute atomic E-state index is 0.474. The molecule has 0 spiro atoms. The van der Waals surface area contributed by atoms with Crippen molar-refractivity contribution in [1.82, 2.24) is 0 Å². The molecule has 2 heteroatoms. The maximum atomic E-state index is 5.24. The zero-order chi connectivity index (χ0) is 6.69. The molecule has 0 bridgehead atoms. The van der Waals surface area contributed by atoms with Gasteiger partial charge in [-0.3, -0.25) is 0 Å². The van der Waals surface area contributed by atoms with Crippen LogP contribution in [0.2, 0.25) is 0 Å². The molecule has 0 aromatic rings. The third-order valence-corrected chi connectivity index (χ3v) is 3.03. The lowest BCUT2D eigenvalue weighted by molar-refractivity contribution is 0.701. The quantitative estimate of drug-likeness (QED) is 0.389. The molecule has 1 rings (SSSR count). The number of terminal acetylenes is 1. The summed E-state index contributed by atoms with van der Waals surface area (Å²) in [7, 11) is 0. The number of rotatable bonds is 0. The summed E-state index contributed by atoms with van der Waals surface area (Å²) < 4.78 is 1.13. The predicted octanol–water partition coefficient (Wildman–Crippen LogP) is 2.09. The molecular formula is C7H8S2. The van der Waals surface area contributed by atoms with Crippen LogP contribution in [0.15, 0.2) is 0 Å². The molecule has 0 aromatic carbocycles. The minimum Gasteiger partial charge on any atom is -0.120 e. The summed E-state index contributed by atoms with van der Waals surface area (Å²) in [5.74, 6) is 4.25. The van der Waals surface area contributed by atoms with Crippen LogP contribution in [0.25, 0.3) is 0 Å². The highest BCUT2D eigenvalue weighted by molar-refractivity contribution is 8.23. The van der Waals surface area contributed by atoms with Crippen molar-refractivity contribution in [3.05, 3.63) is 0 Å². The average molecular weight is 156 g/mol. The summed E-state index contributed by atoms with van der Waals surface area (Å²) in [6.45, 7) is 0. The third kappa shape index (κ3) is 2.00. The Labute approximate surface area is 65.4 Å². The van der Waals surface area contributed by atoms with Crippen molar-refractivity contribution < 1.29 is 0 Å². The summed E-state index contributed by atoms with van der Waals surface area (Å²) in [6, 6.07) is 0. The summed E-state index contributed by atoms with van der Waals surface area (Å²) in [5.41, 5.74) is 0. The lowest BCUT2D eigenvalue weighted by atomic mass is 10.1. The molecule has 1 aliphatic heterocycles. The largest absolute Gasteiger partial charge is 0.120 e. The monoisotopic (exact) mass is 156 g/mol. The van der Waals surface area contributed by atoms with Gasteiger partial charge in [0.05, 0.1) is 0 Å². The van der Waals surface area contributed by atoms with Gasteiger partial charge in [-0.05, 0) is 12.8 Å². The highest BCUT2D eigenvalue weighted by Gasteiger charge is 2.13.